The highest BCUT2D eigenvalue weighted by Crippen LogP contribution is 2.50. The smallest absolute Gasteiger partial charge is 0.0634 e. The van der Waals surface area contributed by atoms with Gasteiger partial charge in [0.05, 0.1) is 11.0 Å². The van der Waals surface area contributed by atoms with Crippen LogP contribution in [0.25, 0.3) is 92.2 Å². The number of fused-ring (bicyclic) bond motifs is 7. The maximum Gasteiger partial charge on any atom is 0.0634 e. The predicted molar refractivity (Wildman–Crippen MR) is 325 cm³/mol. The number of nitrogens with zero attached hydrogens (tertiary/aromatic N) is 3. The topological polar surface area (TPSA) is 11.4 Å². The monoisotopic (exact) mass is 987 g/mol. The molecule has 12 aromatic carbocycles. The van der Waals surface area contributed by atoms with Gasteiger partial charge in [0.2, 0.25) is 0 Å². The first-order chi connectivity index (χ1) is 37.7. The lowest BCUT2D eigenvalue weighted by Crippen LogP contribution is -2.14. The standard InChI is InChI=1S/C72H49N3S/c1-6-21-50(22-7-1)53-37-41-59(42-38-53)73(60-43-39-54(40-44-60)51-23-8-2-9-24-51)62-46-56(47-63(48-62)74(57-28-12-4-13-29-57)61-32-20-27-55(45-61)52-25-10-3-11-26-52)66-49-67-64-33-16-18-35-68(64)75(58-30-14-5-15-31-58)71(67)70-65-34-17-19-36-69(65)76-72(66)70/h1-49H. The Morgan fingerprint density at radius 3 is 1.32 bits per heavy atom. The number of hydrogen-bond acceptors (Lipinski definition) is 3. The first kappa shape index (κ1) is 44.9. The van der Waals surface area contributed by atoms with Gasteiger partial charge in [-0.1, -0.05) is 200 Å². The average molecular weight is 988 g/mol. The van der Waals surface area contributed by atoms with E-state index in [1.54, 1.807) is 0 Å². The van der Waals surface area contributed by atoms with Crippen LogP contribution in [0.15, 0.2) is 297 Å². The molecule has 0 N–H and O–H groups in total. The SMILES string of the molecule is c1ccc(-c2ccc(N(c3ccc(-c4ccccc4)cc3)c3cc(-c4cc5c6ccccc6n(-c6ccccc6)c5c5c4sc4ccccc45)cc(N(c4ccccc4)c4cccc(-c5ccccc5)c4)c3)cc2)cc1. The van der Waals surface area contributed by atoms with Crippen LogP contribution < -0.4 is 9.80 Å². The molecule has 0 spiro atoms. The molecule has 14 rings (SSSR count). The molecule has 0 radical (unpaired) electrons. The highest BCUT2D eigenvalue weighted by molar-refractivity contribution is 7.26. The summed E-state index contributed by atoms with van der Waals surface area (Å²) >= 11 is 1.88. The molecule has 0 saturated carbocycles. The van der Waals surface area contributed by atoms with E-state index in [1.165, 1.54) is 75.4 Å². The summed E-state index contributed by atoms with van der Waals surface area (Å²) in [5, 5.41) is 4.96. The normalized spacial score (nSPS) is 11.4. The fraction of sp³-hybridized carbons (Fsp3) is 0. The second kappa shape index (κ2) is 19.3. The van der Waals surface area contributed by atoms with Crippen molar-refractivity contribution in [2.45, 2.75) is 0 Å². The van der Waals surface area contributed by atoms with Gasteiger partial charge in [-0.3, -0.25) is 0 Å². The molecule has 2 aromatic heterocycles. The molecule has 76 heavy (non-hydrogen) atoms. The Hall–Kier alpha value is -9.74. The van der Waals surface area contributed by atoms with Gasteiger partial charge in [-0.25, -0.2) is 0 Å². The Morgan fingerprint density at radius 1 is 0.276 bits per heavy atom. The van der Waals surface area contributed by atoms with Crippen LogP contribution in [0.2, 0.25) is 0 Å². The summed E-state index contributed by atoms with van der Waals surface area (Å²) in [4.78, 5) is 4.86. The van der Waals surface area contributed by atoms with Gasteiger partial charge < -0.3 is 14.4 Å². The summed E-state index contributed by atoms with van der Waals surface area (Å²) in [6, 6.07) is 108. The number of para-hydroxylation sites is 3. The molecule has 358 valence electrons. The molecule has 4 heteroatoms. The first-order valence-corrected chi connectivity index (χ1v) is 26.7. The van der Waals surface area contributed by atoms with E-state index in [-0.39, 0.29) is 0 Å². The lowest BCUT2D eigenvalue weighted by molar-refractivity contribution is 1.19. The van der Waals surface area contributed by atoms with Crippen LogP contribution in [0.5, 0.6) is 0 Å². The third-order valence-corrected chi connectivity index (χ3v) is 15.9. The fourth-order valence-electron chi connectivity index (χ4n) is 11.2. The van der Waals surface area contributed by atoms with Crippen LogP contribution in [-0.2, 0) is 0 Å². The molecule has 0 unspecified atom stereocenters. The molecule has 0 aliphatic heterocycles. The van der Waals surface area contributed by atoms with Gasteiger partial charge in [-0.05, 0) is 136 Å². The van der Waals surface area contributed by atoms with Gasteiger partial charge >= 0.3 is 0 Å². The predicted octanol–water partition coefficient (Wildman–Crippen LogP) is 20.8. The number of anilines is 6. The van der Waals surface area contributed by atoms with E-state index in [1.807, 2.05) is 11.3 Å². The van der Waals surface area contributed by atoms with Crippen molar-refractivity contribution in [1.82, 2.24) is 4.57 Å². The molecule has 0 aliphatic carbocycles. The van der Waals surface area contributed by atoms with Gasteiger partial charge in [0.25, 0.3) is 0 Å². The molecular weight excluding hydrogens is 939 g/mol. The van der Waals surface area contributed by atoms with Crippen molar-refractivity contribution in [1.29, 1.82) is 0 Å². The molecule has 3 nitrogen and oxygen atoms in total. The summed E-state index contributed by atoms with van der Waals surface area (Å²) in [5.41, 5.74) is 19.2. The maximum atomic E-state index is 2.48. The Bertz CT molecular complexity index is 4280. The second-order valence-corrected chi connectivity index (χ2v) is 20.3. The molecular formula is C72H49N3S. The lowest BCUT2D eigenvalue weighted by Gasteiger charge is -2.31. The Morgan fingerprint density at radius 2 is 0.711 bits per heavy atom. The van der Waals surface area contributed by atoms with Crippen molar-refractivity contribution in [3.05, 3.63) is 297 Å². The molecule has 2 heterocycles. The van der Waals surface area contributed by atoms with E-state index >= 15 is 0 Å². The average Bonchev–Trinajstić information content (AvgIpc) is 4.06. The Kier molecular flexibility index (Phi) is 11.4. The highest BCUT2D eigenvalue weighted by Gasteiger charge is 2.25. The lowest BCUT2D eigenvalue weighted by atomic mass is 9.97. The number of aromatic nitrogens is 1. The van der Waals surface area contributed by atoms with Crippen LogP contribution in [0.1, 0.15) is 0 Å². The first-order valence-electron chi connectivity index (χ1n) is 25.9. The second-order valence-electron chi connectivity index (χ2n) is 19.3. The van der Waals surface area contributed by atoms with Crippen molar-refractivity contribution >= 4 is 87.4 Å². The van der Waals surface area contributed by atoms with Crippen LogP contribution in [-0.4, -0.2) is 4.57 Å². The Balaban J connectivity index is 1.07. The zero-order chi connectivity index (χ0) is 50.4. The minimum Gasteiger partial charge on any atom is -0.310 e. The van der Waals surface area contributed by atoms with Gasteiger partial charge in [0.15, 0.2) is 0 Å². The van der Waals surface area contributed by atoms with Crippen LogP contribution in [0, 0.1) is 0 Å². The quantitative estimate of drug-likeness (QED) is 0.128. The van der Waals surface area contributed by atoms with Crippen LogP contribution in [0.4, 0.5) is 34.1 Å². The molecule has 0 fully saturated rings. The summed E-state index contributed by atoms with van der Waals surface area (Å²) in [6.45, 7) is 0. The third kappa shape index (κ3) is 8.09. The van der Waals surface area contributed by atoms with E-state index in [4.69, 9.17) is 0 Å². The third-order valence-electron chi connectivity index (χ3n) is 14.7. The van der Waals surface area contributed by atoms with Crippen molar-refractivity contribution in [2.24, 2.45) is 0 Å². The maximum absolute atomic E-state index is 2.48. The number of hydrogen-bond donors (Lipinski definition) is 0. The number of benzene rings is 12. The van der Waals surface area contributed by atoms with Gasteiger partial charge in [-0.2, -0.15) is 0 Å². The van der Waals surface area contributed by atoms with Crippen molar-refractivity contribution in [3.63, 3.8) is 0 Å². The fourth-order valence-corrected chi connectivity index (χ4v) is 12.4. The Labute approximate surface area is 446 Å². The number of rotatable bonds is 11. The largest absolute Gasteiger partial charge is 0.310 e. The molecule has 0 bridgehead atoms. The minimum atomic E-state index is 1.04. The van der Waals surface area contributed by atoms with E-state index < -0.39 is 0 Å². The molecule has 0 aliphatic rings. The summed E-state index contributed by atoms with van der Waals surface area (Å²) in [7, 11) is 0. The van der Waals surface area contributed by atoms with E-state index in [9.17, 15) is 0 Å². The van der Waals surface area contributed by atoms with Crippen molar-refractivity contribution in [2.75, 3.05) is 9.80 Å². The molecule has 0 saturated heterocycles. The molecule has 0 atom stereocenters. The minimum absolute atomic E-state index is 1.04. The van der Waals surface area contributed by atoms with E-state index in [0.29, 0.717) is 0 Å². The van der Waals surface area contributed by atoms with Gasteiger partial charge in [0.1, 0.15) is 0 Å². The van der Waals surface area contributed by atoms with Gasteiger partial charge in [0, 0.05) is 76.3 Å². The van der Waals surface area contributed by atoms with Crippen molar-refractivity contribution < 1.29 is 0 Å². The highest BCUT2D eigenvalue weighted by atomic mass is 32.1. The van der Waals surface area contributed by atoms with E-state index in [0.717, 1.165) is 50.9 Å². The van der Waals surface area contributed by atoms with E-state index in [2.05, 4.69) is 312 Å². The van der Waals surface area contributed by atoms with Crippen LogP contribution in [0.3, 0.4) is 0 Å². The van der Waals surface area contributed by atoms with Crippen LogP contribution >= 0.6 is 11.3 Å². The summed E-state index contributed by atoms with van der Waals surface area (Å²) < 4.78 is 4.99. The zero-order valence-electron chi connectivity index (χ0n) is 41.5. The molecule has 0 amide bonds. The zero-order valence-corrected chi connectivity index (χ0v) is 42.4. The number of thiophene rings is 1. The van der Waals surface area contributed by atoms with Crippen molar-refractivity contribution in [3.8, 4) is 50.2 Å². The summed E-state index contributed by atoms with van der Waals surface area (Å²) in [5.74, 6) is 0. The molecule has 14 aromatic rings. The summed E-state index contributed by atoms with van der Waals surface area (Å²) in [6.07, 6.45) is 0. The van der Waals surface area contributed by atoms with Gasteiger partial charge in [-0.15, -0.1) is 11.3 Å².